The van der Waals surface area contributed by atoms with E-state index in [2.05, 4.69) is 0 Å². The van der Waals surface area contributed by atoms with Gasteiger partial charge in [-0.25, -0.2) is 0 Å². The van der Waals surface area contributed by atoms with Crippen LogP contribution in [0.3, 0.4) is 0 Å². The van der Waals surface area contributed by atoms with Crippen molar-refractivity contribution in [1.29, 1.82) is 0 Å². The highest BCUT2D eigenvalue weighted by molar-refractivity contribution is 8.76. The smallest absolute Gasteiger partial charge is 0.321 e. The standard InChI is InChI=1S/C5H11NO3S2/c6-4(5(8)9)3-11-10-2-1-7/h4,7H,1-3,6H2,(H,8,9)/t4-/m0/s1. The molecule has 0 aliphatic rings. The summed E-state index contributed by atoms with van der Waals surface area (Å²) in [5.41, 5.74) is 5.20. The molecule has 0 saturated heterocycles. The number of nitrogens with two attached hydrogens (primary N) is 1. The summed E-state index contributed by atoms with van der Waals surface area (Å²) in [6.07, 6.45) is 0. The van der Waals surface area contributed by atoms with Crippen LogP contribution in [-0.2, 0) is 4.79 Å². The van der Waals surface area contributed by atoms with Crippen LogP contribution >= 0.6 is 21.6 Å². The van der Waals surface area contributed by atoms with Gasteiger partial charge in [0.25, 0.3) is 0 Å². The SMILES string of the molecule is N[C@@H](CSSCCO)C(=O)O. The Morgan fingerprint density at radius 3 is 2.64 bits per heavy atom. The van der Waals surface area contributed by atoms with Crippen molar-refractivity contribution in [3.05, 3.63) is 0 Å². The number of aliphatic carboxylic acids is 1. The van der Waals surface area contributed by atoms with Gasteiger partial charge in [-0.05, 0) is 0 Å². The lowest BCUT2D eigenvalue weighted by molar-refractivity contribution is -0.137. The number of carbonyl (C=O) groups is 1. The molecule has 0 aliphatic heterocycles. The monoisotopic (exact) mass is 197 g/mol. The molecule has 11 heavy (non-hydrogen) atoms. The summed E-state index contributed by atoms with van der Waals surface area (Å²) < 4.78 is 0. The van der Waals surface area contributed by atoms with Crippen LogP contribution in [-0.4, -0.2) is 40.3 Å². The Kier molecular flexibility index (Phi) is 6.83. The summed E-state index contributed by atoms with van der Waals surface area (Å²) in [5.74, 6) is -0.00103. The van der Waals surface area contributed by atoms with Crippen molar-refractivity contribution in [3.63, 3.8) is 0 Å². The molecule has 4 N–H and O–H groups in total. The van der Waals surface area contributed by atoms with Gasteiger partial charge >= 0.3 is 5.97 Å². The zero-order valence-corrected chi connectivity index (χ0v) is 7.53. The van der Waals surface area contributed by atoms with E-state index in [4.69, 9.17) is 15.9 Å². The molecule has 0 rings (SSSR count). The minimum atomic E-state index is -0.984. The largest absolute Gasteiger partial charge is 0.480 e. The molecule has 0 bridgehead atoms. The van der Waals surface area contributed by atoms with Crippen LogP contribution in [0.4, 0.5) is 0 Å². The van der Waals surface area contributed by atoms with E-state index in [1.807, 2.05) is 0 Å². The molecule has 4 nitrogen and oxygen atoms in total. The van der Waals surface area contributed by atoms with Crippen molar-refractivity contribution in [2.75, 3.05) is 18.1 Å². The molecule has 0 aliphatic carbocycles. The van der Waals surface area contributed by atoms with E-state index in [0.29, 0.717) is 11.5 Å². The topological polar surface area (TPSA) is 83.5 Å². The van der Waals surface area contributed by atoms with Gasteiger partial charge in [-0.3, -0.25) is 4.79 Å². The number of carboxylic acid groups (broad SMARTS) is 1. The van der Waals surface area contributed by atoms with Crippen LogP contribution in [0.2, 0.25) is 0 Å². The highest BCUT2D eigenvalue weighted by atomic mass is 33.1. The van der Waals surface area contributed by atoms with Gasteiger partial charge in [0, 0.05) is 11.5 Å². The predicted octanol–water partition coefficient (Wildman–Crippen LogP) is -0.228. The first-order chi connectivity index (χ1) is 5.18. The molecule has 0 aromatic heterocycles. The highest BCUT2D eigenvalue weighted by Crippen LogP contribution is 2.20. The third-order valence-corrected chi connectivity index (χ3v) is 3.24. The molecule has 1 atom stereocenters. The molecule has 0 unspecified atom stereocenters. The Balaban J connectivity index is 3.17. The van der Waals surface area contributed by atoms with Gasteiger partial charge in [-0.1, -0.05) is 21.6 Å². The summed E-state index contributed by atoms with van der Waals surface area (Å²) >= 11 is 0. The zero-order chi connectivity index (χ0) is 8.69. The average Bonchev–Trinajstić information content (AvgIpc) is 1.97. The van der Waals surface area contributed by atoms with Crippen LogP contribution in [0.15, 0.2) is 0 Å². The number of aliphatic hydroxyl groups is 1. The Hall–Kier alpha value is 0.0900. The van der Waals surface area contributed by atoms with Gasteiger partial charge < -0.3 is 15.9 Å². The van der Waals surface area contributed by atoms with Gasteiger partial charge in [0.15, 0.2) is 0 Å². The molecule has 0 radical (unpaired) electrons. The second kappa shape index (κ2) is 6.78. The predicted molar refractivity (Wildman–Crippen MR) is 47.6 cm³/mol. The zero-order valence-electron chi connectivity index (χ0n) is 5.90. The van der Waals surface area contributed by atoms with Gasteiger partial charge in [0.2, 0.25) is 0 Å². The third-order valence-electron chi connectivity index (χ3n) is 0.823. The number of aliphatic hydroxyl groups excluding tert-OH is 1. The fraction of sp³-hybridized carbons (Fsp3) is 0.800. The van der Waals surface area contributed by atoms with Crippen LogP contribution in [0, 0.1) is 0 Å². The molecule has 0 spiro atoms. The molecule has 66 valence electrons. The maximum Gasteiger partial charge on any atom is 0.321 e. The normalized spacial score (nSPS) is 12.9. The highest BCUT2D eigenvalue weighted by Gasteiger charge is 2.10. The quantitative estimate of drug-likeness (QED) is 0.403. The molecule has 0 aromatic rings. The molecular formula is C5H11NO3S2. The Bertz CT molecular complexity index is 122. The molecule has 6 heteroatoms. The maximum atomic E-state index is 10.2. The summed E-state index contributed by atoms with van der Waals surface area (Å²) in [5, 5.41) is 16.7. The minimum absolute atomic E-state index is 0.111. The first-order valence-electron chi connectivity index (χ1n) is 3.02. The second-order valence-corrected chi connectivity index (χ2v) is 4.40. The van der Waals surface area contributed by atoms with Gasteiger partial charge in [-0.2, -0.15) is 0 Å². The summed E-state index contributed by atoms with van der Waals surface area (Å²) in [7, 11) is 2.79. The molecule has 0 amide bonds. The lowest BCUT2D eigenvalue weighted by atomic mass is 10.4. The first-order valence-corrected chi connectivity index (χ1v) is 5.51. The van der Waals surface area contributed by atoms with E-state index in [1.165, 1.54) is 21.6 Å². The molecule has 0 fully saturated rings. The van der Waals surface area contributed by atoms with Crippen molar-refractivity contribution < 1.29 is 15.0 Å². The van der Waals surface area contributed by atoms with E-state index < -0.39 is 12.0 Å². The first kappa shape index (κ1) is 11.1. The van der Waals surface area contributed by atoms with Gasteiger partial charge in [-0.15, -0.1) is 0 Å². The van der Waals surface area contributed by atoms with Crippen LogP contribution < -0.4 is 5.73 Å². The third kappa shape index (κ3) is 6.49. The lowest BCUT2D eigenvalue weighted by Gasteiger charge is -2.03. The van der Waals surface area contributed by atoms with Crippen LogP contribution in [0.25, 0.3) is 0 Å². The van der Waals surface area contributed by atoms with Crippen molar-refractivity contribution in [2.24, 2.45) is 5.73 Å². The van der Waals surface area contributed by atoms with E-state index in [-0.39, 0.29) is 6.61 Å². The second-order valence-electron chi connectivity index (χ2n) is 1.77. The van der Waals surface area contributed by atoms with Crippen molar-refractivity contribution in [2.45, 2.75) is 6.04 Å². The lowest BCUT2D eigenvalue weighted by Crippen LogP contribution is -2.32. The fourth-order valence-corrected chi connectivity index (χ4v) is 2.17. The number of hydrogen-bond acceptors (Lipinski definition) is 5. The summed E-state index contributed by atoms with van der Waals surface area (Å²) in [6, 6.07) is -0.800. The van der Waals surface area contributed by atoms with E-state index in [0.717, 1.165) is 0 Å². The van der Waals surface area contributed by atoms with Gasteiger partial charge in [0.05, 0.1) is 6.61 Å². The Morgan fingerprint density at radius 1 is 1.55 bits per heavy atom. The number of hydrogen-bond donors (Lipinski definition) is 3. The van der Waals surface area contributed by atoms with Crippen LogP contribution in [0.5, 0.6) is 0 Å². The number of rotatable bonds is 6. The van der Waals surface area contributed by atoms with Crippen molar-refractivity contribution in [1.82, 2.24) is 0 Å². The van der Waals surface area contributed by atoms with Crippen LogP contribution in [0.1, 0.15) is 0 Å². The van der Waals surface area contributed by atoms with E-state index in [1.54, 1.807) is 0 Å². The fourth-order valence-electron chi connectivity index (χ4n) is 0.289. The average molecular weight is 197 g/mol. The molecule has 0 heterocycles. The van der Waals surface area contributed by atoms with Crippen molar-refractivity contribution in [3.8, 4) is 0 Å². The van der Waals surface area contributed by atoms with Gasteiger partial charge in [0.1, 0.15) is 6.04 Å². The van der Waals surface area contributed by atoms with E-state index in [9.17, 15) is 4.79 Å². The number of carboxylic acids is 1. The molecule has 0 aromatic carbocycles. The van der Waals surface area contributed by atoms with Crippen molar-refractivity contribution >= 4 is 27.6 Å². The minimum Gasteiger partial charge on any atom is -0.480 e. The molecule has 0 saturated carbocycles. The maximum absolute atomic E-state index is 10.2. The van der Waals surface area contributed by atoms with E-state index >= 15 is 0 Å². The molecular weight excluding hydrogens is 186 g/mol. The summed E-state index contributed by atoms with van der Waals surface area (Å²) in [4.78, 5) is 10.2. The Labute approximate surface area is 72.9 Å². The Morgan fingerprint density at radius 2 is 2.18 bits per heavy atom. The summed E-state index contributed by atoms with van der Waals surface area (Å²) in [6.45, 7) is 0.111.